The first-order valence-corrected chi connectivity index (χ1v) is 6.37. The van der Waals surface area contributed by atoms with Crippen LogP contribution < -0.4 is 5.73 Å². The zero-order valence-corrected chi connectivity index (χ0v) is 11.4. The highest BCUT2D eigenvalue weighted by Gasteiger charge is 2.17. The van der Waals surface area contributed by atoms with Crippen LogP contribution in [0, 0.1) is 0 Å². The molecule has 18 heavy (non-hydrogen) atoms. The first-order chi connectivity index (χ1) is 8.65. The standard InChI is InChI=1S/C13H12BrN3O/c1-17-10(4-5-16-17)13(15)12-7-8-6-9(14)2-3-11(8)18-12/h2-7,13H,15H2,1H3. The van der Waals surface area contributed by atoms with E-state index in [0.29, 0.717) is 0 Å². The molecule has 2 aromatic heterocycles. The van der Waals surface area contributed by atoms with Crippen molar-refractivity contribution in [2.24, 2.45) is 12.8 Å². The lowest BCUT2D eigenvalue weighted by Gasteiger charge is -2.08. The summed E-state index contributed by atoms with van der Waals surface area (Å²) in [4.78, 5) is 0. The van der Waals surface area contributed by atoms with Gasteiger partial charge in [0, 0.05) is 23.1 Å². The van der Waals surface area contributed by atoms with E-state index in [0.717, 1.165) is 26.9 Å². The predicted molar refractivity (Wildman–Crippen MR) is 73.2 cm³/mol. The molecule has 0 aliphatic heterocycles. The summed E-state index contributed by atoms with van der Waals surface area (Å²) in [5.41, 5.74) is 7.96. The maximum absolute atomic E-state index is 6.20. The molecule has 92 valence electrons. The average Bonchev–Trinajstić information content (AvgIpc) is 2.93. The Bertz CT molecular complexity index is 701. The lowest BCUT2D eigenvalue weighted by atomic mass is 10.1. The molecular weight excluding hydrogens is 294 g/mol. The smallest absolute Gasteiger partial charge is 0.134 e. The fraction of sp³-hybridized carbons (Fsp3) is 0.154. The second-order valence-electron chi connectivity index (χ2n) is 4.19. The van der Waals surface area contributed by atoms with Gasteiger partial charge in [0.25, 0.3) is 0 Å². The molecule has 3 rings (SSSR count). The number of fused-ring (bicyclic) bond motifs is 1. The third kappa shape index (κ3) is 1.85. The molecule has 1 atom stereocenters. The van der Waals surface area contributed by atoms with Gasteiger partial charge in [-0.3, -0.25) is 4.68 Å². The van der Waals surface area contributed by atoms with Crippen LogP contribution in [-0.2, 0) is 7.05 Å². The van der Waals surface area contributed by atoms with E-state index in [4.69, 9.17) is 10.2 Å². The van der Waals surface area contributed by atoms with Crippen molar-refractivity contribution in [3.05, 3.63) is 52.5 Å². The monoisotopic (exact) mass is 305 g/mol. The Morgan fingerprint density at radius 2 is 2.17 bits per heavy atom. The average molecular weight is 306 g/mol. The zero-order chi connectivity index (χ0) is 12.7. The molecule has 0 aliphatic carbocycles. The summed E-state index contributed by atoms with van der Waals surface area (Å²) in [5, 5.41) is 5.16. The first-order valence-electron chi connectivity index (χ1n) is 5.57. The van der Waals surface area contributed by atoms with E-state index in [9.17, 15) is 0 Å². The minimum Gasteiger partial charge on any atom is -0.459 e. The third-order valence-corrected chi connectivity index (χ3v) is 3.47. The van der Waals surface area contributed by atoms with E-state index >= 15 is 0 Å². The van der Waals surface area contributed by atoms with Crippen LogP contribution in [0.15, 0.2) is 45.4 Å². The van der Waals surface area contributed by atoms with Gasteiger partial charge in [-0.1, -0.05) is 15.9 Å². The summed E-state index contributed by atoms with van der Waals surface area (Å²) in [5.74, 6) is 0.742. The van der Waals surface area contributed by atoms with Crippen LogP contribution in [-0.4, -0.2) is 9.78 Å². The topological polar surface area (TPSA) is 57.0 Å². The Morgan fingerprint density at radius 3 is 2.89 bits per heavy atom. The zero-order valence-electron chi connectivity index (χ0n) is 9.80. The molecule has 4 nitrogen and oxygen atoms in total. The summed E-state index contributed by atoms with van der Waals surface area (Å²) in [6.45, 7) is 0. The number of nitrogens with zero attached hydrogens (tertiary/aromatic N) is 2. The molecular formula is C13H12BrN3O. The lowest BCUT2D eigenvalue weighted by Crippen LogP contribution is -2.15. The largest absolute Gasteiger partial charge is 0.459 e. The minimum atomic E-state index is -0.302. The Hall–Kier alpha value is -1.59. The summed E-state index contributed by atoms with van der Waals surface area (Å²) >= 11 is 3.44. The molecule has 0 aliphatic rings. The highest BCUT2D eigenvalue weighted by molar-refractivity contribution is 9.10. The van der Waals surface area contributed by atoms with Crippen molar-refractivity contribution in [1.82, 2.24) is 9.78 Å². The van der Waals surface area contributed by atoms with Crippen molar-refractivity contribution in [2.45, 2.75) is 6.04 Å². The summed E-state index contributed by atoms with van der Waals surface area (Å²) in [6.07, 6.45) is 1.73. The molecule has 0 bridgehead atoms. The van der Waals surface area contributed by atoms with Crippen molar-refractivity contribution in [1.29, 1.82) is 0 Å². The quantitative estimate of drug-likeness (QED) is 0.792. The number of hydrogen-bond acceptors (Lipinski definition) is 3. The lowest BCUT2D eigenvalue weighted by molar-refractivity contribution is 0.509. The van der Waals surface area contributed by atoms with Gasteiger partial charge in [-0.05, 0) is 30.3 Å². The molecule has 1 aromatic carbocycles. The van der Waals surface area contributed by atoms with Gasteiger partial charge < -0.3 is 10.2 Å². The van der Waals surface area contributed by atoms with Gasteiger partial charge in [0.2, 0.25) is 0 Å². The highest BCUT2D eigenvalue weighted by Crippen LogP contribution is 2.28. The van der Waals surface area contributed by atoms with Gasteiger partial charge >= 0.3 is 0 Å². The molecule has 0 spiro atoms. The van der Waals surface area contributed by atoms with E-state index in [2.05, 4.69) is 21.0 Å². The van der Waals surface area contributed by atoms with E-state index in [1.165, 1.54) is 0 Å². The van der Waals surface area contributed by atoms with Crippen LogP contribution in [0.5, 0.6) is 0 Å². The Kier molecular flexibility index (Phi) is 2.72. The molecule has 0 saturated heterocycles. The Labute approximate surface area is 113 Å². The van der Waals surface area contributed by atoms with Gasteiger partial charge in [0.1, 0.15) is 17.4 Å². The van der Waals surface area contributed by atoms with Gasteiger partial charge in [-0.25, -0.2) is 0 Å². The molecule has 3 aromatic rings. The van der Waals surface area contributed by atoms with Gasteiger partial charge in [-0.15, -0.1) is 0 Å². The van der Waals surface area contributed by atoms with Crippen LogP contribution in [0.2, 0.25) is 0 Å². The molecule has 2 N–H and O–H groups in total. The van der Waals surface area contributed by atoms with Crippen molar-refractivity contribution in [2.75, 3.05) is 0 Å². The molecule has 0 amide bonds. The highest BCUT2D eigenvalue weighted by atomic mass is 79.9. The second-order valence-corrected chi connectivity index (χ2v) is 5.10. The fourth-order valence-corrected chi connectivity index (χ4v) is 2.40. The maximum atomic E-state index is 6.20. The normalized spacial score (nSPS) is 13.1. The summed E-state index contributed by atoms with van der Waals surface area (Å²) in [7, 11) is 1.87. The first kappa shape index (κ1) is 11.5. The number of benzene rings is 1. The van der Waals surface area contributed by atoms with Gasteiger partial charge in [0.15, 0.2) is 0 Å². The Morgan fingerprint density at radius 1 is 1.33 bits per heavy atom. The number of aromatic nitrogens is 2. The maximum Gasteiger partial charge on any atom is 0.134 e. The van der Waals surface area contributed by atoms with Crippen molar-refractivity contribution in [3.8, 4) is 0 Å². The van der Waals surface area contributed by atoms with Crippen LogP contribution in [0.1, 0.15) is 17.5 Å². The van der Waals surface area contributed by atoms with Crippen LogP contribution >= 0.6 is 15.9 Å². The molecule has 2 heterocycles. The number of hydrogen-bond donors (Lipinski definition) is 1. The van der Waals surface area contributed by atoms with Gasteiger partial charge in [-0.2, -0.15) is 5.10 Å². The molecule has 0 radical (unpaired) electrons. The van der Waals surface area contributed by atoms with Crippen molar-refractivity contribution >= 4 is 26.9 Å². The van der Waals surface area contributed by atoms with Gasteiger partial charge in [0.05, 0.1) is 5.69 Å². The number of nitrogens with two attached hydrogens (primary N) is 1. The second kappa shape index (κ2) is 4.26. The van der Waals surface area contributed by atoms with Crippen molar-refractivity contribution < 1.29 is 4.42 Å². The number of halogens is 1. The third-order valence-electron chi connectivity index (χ3n) is 2.98. The minimum absolute atomic E-state index is 0.302. The van der Waals surface area contributed by atoms with Crippen LogP contribution in [0.4, 0.5) is 0 Å². The number of furan rings is 1. The van der Waals surface area contributed by atoms with E-state index < -0.39 is 0 Å². The number of aryl methyl sites for hydroxylation is 1. The molecule has 0 fully saturated rings. The SMILES string of the molecule is Cn1nccc1C(N)c1cc2cc(Br)ccc2o1. The molecule has 0 saturated carbocycles. The van der Waals surface area contributed by atoms with Crippen LogP contribution in [0.25, 0.3) is 11.0 Å². The van der Waals surface area contributed by atoms with Crippen LogP contribution in [0.3, 0.4) is 0 Å². The van der Waals surface area contributed by atoms with E-state index in [1.54, 1.807) is 10.9 Å². The van der Waals surface area contributed by atoms with E-state index in [-0.39, 0.29) is 6.04 Å². The fourth-order valence-electron chi connectivity index (χ4n) is 2.02. The van der Waals surface area contributed by atoms with Crippen molar-refractivity contribution in [3.63, 3.8) is 0 Å². The van der Waals surface area contributed by atoms with E-state index in [1.807, 2.05) is 37.4 Å². The molecule has 1 unspecified atom stereocenters. The Balaban J connectivity index is 2.07. The number of rotatable bonds is 2. The predicted octanol–water partition coefficient (Wildman–Crippen LogP) is 2.98. The summed E-state index contributed by atoms with van der Waals surface area (Å²) < 4.78 is 8.56. The summed E-state index contributed by atoms with van der Waals surface area (Å²) in [6, 6.07) is 9.46. The molecule has 5 heteroatoms.